The van der Waals surface area contributed by atoms with Crippen molar-refractivity contribution >= 4 is 5.91 Å². The van der Waals surface area contributed by atoms with E-state index in [1.807, 2.05) is 48.7 Å². The van der Waals surface area contributed by atoms with Crippen LogP contribution in [0, 0.1) is 5.82 Å². The lowest BCUT2D eigenvalue weighted by atomic mass is 9.98. The van der Waals surface area contributed by atoms with Crippen LogP contribution in [0.4, 0.5) is 4.39 Å². The third kappa shape index (κ3) is 3.47. The van der Waals surface area contributed by atoms with Crippen LogP contribution >= 0.6 is 0 Å². The number of fused-ring (bicyclic) bond motifs is 1. The summed E-state index contributed by atoms with van der Waals surface area (Å²) < 4.78 is 16.7. The predicted octanol–water partition coefficient (Wildman–Crippen LogP) is 5.22. The number of rotatable bonds is 5. The van der Waals surface area contributed by atoms with Gasteiger partial charge in [-0.15, -0.1) is 0 Å². The first kappa shape index (κ1) is 18.5. The molecule has 1 aromatic heterocycles. The summed E-state index contributed by atoms with van der Waals surface area (Å²) in [5.74, 6) is -0.336. The number of aromatic nitrogens is 1. The molecule has 1 aliphatic rings. The van der Waals surface area contributed by atoms with Crippen LogP contribution in [-0.2, 0) is 13.0 Å². The minimum absolute atomic E-state index is 0.0530. The largest absolute Gasteiger partial charge is 0.348 e. The van der Waals surface area contributed by atoms with Gasteiger partial charge >= 0.3 is 0 Å². The Morgan fingerprint density at radius 3 is 2.57 bits per heavy atom. The van der Waals surface area contributed by atoms with Crippen molar-refractivity contribution in [3.8, 4) is 0 Å². The molecule has 2 heterocycles. The summed E-state index contributed by atoms with van der Waals surface area (Å²) >= 11 is 0. The number of halogens is 1. The molecule has 0 aliphatic carbocycles. The number of benzene rings is 2. The van der Waals surface area contributed by atoms with Crippen LogP contribution in [0.15, 0.2) is 66.9 Å². The maximum absolute atomic E-state index is 14.6. The van der Waals surface area contributed by atoms with Gasteiger partial charge < -0.3 is 9.47 Å². The van der Waals surface area contributed by atoms with Crippen LogP contribution < -0.4 is 0 Å². The highest BCUT2D eigenvalue weighted by Gasteiger charge is 2.34. The highest BCUT2D eigenvalue weighted by atomic mass is 19.1. The quantitative estimate of drug-likeness (QED) is 0.600. The molecule has 2 aromatic carbocycles. The van der Waals surface area contributed by atoms with E-state index in [4.69, 9.17) is 0 Å². The normalized spacial score (nSPS) is 16.1. The van der Waals surface area contributed by atoms with E-state index in [1.165, 1.54) is 11.6 Å². The molecule has 0 N–H and O–H groups in total. The van der Waals surface area contributed by atoms with E-state index in [9.17, 15) is 9.18 Å². The Balaban J connectivity index is 1.67. The predicted molar refractivity (Wildman–Crippen MR) is 109 cm³/mol. The number of hydrogen-bond acceptors (Lipinski definition) is 1. The van der Waals surface area contributed by atoms with E-state index < -0.39 is 6.04 Å². The molecule has 0 spiro atoms. The molecule has 28 heavy (non-hydrogen) atoms. The van der Waals surface area contributed by atoms with Crippen molar-refractivity contribution in [2.75, 3.05) is 6.54 Å². The Morgan fingerprint density at radius 1 is 1.04 bits per heavy atom. The Bertz CT molecular complexity index is 961. The topological polar surface area (TPSA) is 25.2 Å². The molecule has 3 nitrogen and oxygen atoms in total. The molecule has 1 unspecified atom stereocenters. The average Bonchev–Trinajstić information content (AvgIpc) is 3.21. The van der Waals surface area contributed by atoms with Crippen LogP contribution in [0.2, 0.25) is 0 Å². The van der Waals surface area contributed by atoms with Gasteiger partial charge in [0.25, 0.3) is 5.91 Å². The van der Waals surface area contributed by atoms with Crippen molar-refractivity contribution in [1.29, 1.82) is 0 Å². The van der Waals surface area contributed by atoms with Gasteiger partial charge in [0.05, 0.1) is 0 Å². The second-order valence-corrected chi connectivity index (χ2v) is 7.35. The summed E-state index contributed by atoms with van der Waals surface area (Å²) in [6.07, 6.45) is 5.32. The third-order valence-electron chi connectivity index (χ3n) is 5.52. The lowest BCUT2D eigenvalue weighted by Crippen LogP contribution is -2.42. The van der Waals surface area contributed by atoms with Crippen LogP contribution in [0.5, 0.6) is 0 Å². The fourth-order valence-corrected chi connectivity index (χ4v) is 3.99. The standard InChI is InChI=1S/C24H25FN2O/c1-2-3-7-18-11-13-19(14-12-18)24(28)27-17-16-26-15-6-10-22(26)23(27)20-8-4-5-9-21(20)25/h4-6,8-15,23H,2-3,7,16-17H2,1H3. The van der Waals surface area contributed by atoms with Gasteiger partial charge in [0.15, 0.2) is 0 Å². The maximum Gasteiger partial charge on any atom is 0.254 e. The lowest BCUT2D eigenvalue weighted by molar-refractivity contribution is 0.0661. The van der Waals surface area contributed by atoms with Crippen molar-refractivity contribution in [1.82, 2.24) is 9.47 Å². The van der Waals surface area contributed by atoms with Gasteiger partial charge in [-0.2, -0.15) is 0 Å². The summed E-state index contributed by atoms with van der Waals surface area (Å²) in [5, 5.41) is 0. The minimum Gasteiger partial charge on any atom is -0.348 e. The summed E-state index contributed by atoms with van der Waals surface area (Å²) in [4.78, 5) is 15.1. The zero-order valence-corrected chi connectivity index (χ0v) is 16.1. The number of aryl methyl sites for hydroxylation is 1. The van der Waals surface area contributed by atoms with E-state index in [0.29, 0.717) is 24.2 Å². The fraction of sp³-hybridized carbons (Fsp3) is 0.292. The average molecular weight is 376 g/mol. The zero-order valence-electron chi connectivity index (χ0n) is 16.1. The van der Waals surface area contributed by atoms with Gasteiger partial charge in [0, 0.05) is 36.1 Å². The Labute approximate surface area is 165 Å². The summed E-state index contributed by atoms with van der Waals surface area (Å²) in [7, 11) is 0. The fourth-order valence-electron chi connectivity index (χ4n) is 3.99. The first-order chi connectivity index (χ1) is 13.7. The van der Waals surface area contributed by atoms with Crippen molar-refractivity contribution in [3.63, 3.8) is 0 Å². The third-order valence-corrected chi connectivity index (χ3v) is 5.52. The van der Waals surface area contributed by atoms with Gasteiger partial charge in [-0.25, -0.2) is 4.39 Å². The molecular formula is C24H25FN2O. The molecule has 0 fully saturated rings. The lowest BCUT2D eigenvalue weighted by Gasteiger charge is -2.37. The number of nitrogens with zero attached hydrogens (tertiary/aromatic N) is 2. The second-order valence-electron chi connectivity index (χ2n) is 7.35. The van der Waals surface area contributed by atoms with Crippen molar-refractivity contribution in [2.45, 2.75) is 38.8 Å². The Morgan fingerprint density at radius 2 is 1.82 bits per heavy atom. The first-order valence-electron chi connectivity index (χ1n) is 9.98. The van der Waals surface area contributed by atoms with E-state index in [1.54, 1.807) is 17.0 Å². The van der Waals surface area contributed by atoms with Gasteiger partial charge in [-0.3, -0.25) is 4.79 Å². The molecule has 4 rings (SSSR count). The molecule has 0 saturated carbocycles. The molecule has 0 radical (unpaired) electrons. The maximum atomic E-state index is 14.6. The number of carbonyl (C=O) groups excluding carboxylic acids is 1. The highest BCUT2D eigenvalue weighted by molar-refractivity contribution is 5.94. The Hall–Kier alpha value is -2.88. The molecular weight excluding hydrogens is 351 g/mol. The van der Waals surface area contributed by atoms with Gasteiger partial charge in [-0.05, 0) is 48.7 Å². The van der Waals surface area contributed by atoms with Crippen molar-refractivity contribution < 1.29 is 9.18 Å². The minimum atomic E-state index is -0.419. The highest BCUT2D eigenvalue weighted by Crippen LogP contribution is 2.34. The molecule has 1 aliphatic heterocycles. The van der Waals surface area contributed by atoms with E-state index in [-0.39, 0.29) is 11.7 Å². The zero-order chi connectivity index (χ0) is 19.5. The molecule has 1 amide bonds. The summed E-state index contributed by atoms with van der Waals surface area (Å²) in [6.45, 7) is 3.44. The number of unbranched alkanes of at least 4 members (excludes halogenated alkanes) is 1. The van der Waals surface area contributed by atoms with Crippen LogP contribution in [0.1, 0.15) is 53.0 Å². The van der Waals surface area contributed by atoms with Gasteiger partial charge in [0.2, 0.25) is 0 Å². The molecule has 3 aromatic rings. The van der Waals surface area contributed by atoms with Crippen LogP contribution in [0.3, 0.4) is 0 Å². The van der Waals surface area contributed by atoms with Crippen molar-refractivity contribution in [3.05, 3.63) is 95.1 Å². The monoisotopic (exact) mass is 376 g/mol. The molecule has 0 bridgehead atoms. The number of amides is 1. The molecule has 144 valence electrons. The number of carbonyl (C=O) groups is 1. The summed E-state index contributed by atoms with van der Waals surface area (Å²) in [6, 6.07) is 18.1. The van der Waals surface area contributed by atoms with Crippen LogP contribution in [-0.4, -0.2) is 21.9 Å². The van der Waals surface area contributed by atoms with Gasteiger partial charge in [-0.1, -0.05) is 43.7 Å². The summed E-state index contributed by atoms with van der Waals surface area (Å²) in [5.41, 5.74) is 3.39. The SMILES string of the molecule is CCCCc1ccc(C(=O)N2CCn3cccc3C2c2ccccc2F)cc1. The van der Waals surface area contributed by atoms with E-state index in [0.717, 1.165) is 25.0 Å². The molecule has 1 atom stereocenters. The van der Waals surface area contributed by atoms with Crippen LogP contribution in [0.25, 0.3) is 0 Å². The first-order valence-corrected chi connectivity index (χ1v) is 9.98. The van der Waals surface area contributed by atoms with E-state index >= 15 is 0 Å². The smallest absolute Gasteiger partial charge is 0.254 e. The van der Waals surface area contributed by atoms with Gasteiger partial charge in [0.1, 0.15) is 11.9 Å². The molecule has 4 heteroatoms. The van der Waals surface area contributed by atoms with E-state index in [2.05, 4.69) is 11.5 Å². The Kier molecular flexibility index (Phi) is 5.29. The molecule has 0 saturated heterocycles. The second kappa shape index (κ2) is 8.01. The number of hydrogen-bond donors (Lipinski definition) is 0. The van der Waals surface area contributed by atoms with Crippen molar-refractivity contribution in [2.24, 2.45) is 0 Å².